The van der Waals surface area contributed by atoms with Crippen molar-refractivity contribution in [2.75, 3.05) is 25.0 Å². The summed E-state index contributed by atoms with van der Waals surface area (Å²) in [6, 6.07) is 21.1. The molecular weight excluding hydrogens is 368 g/mol. The van der Waals surface area contributed by atoms with E-state index in [9.17, 15) is 4.79 Å². The fraction of sp³-hybridized carbons (Fsp3) is 0.292. The molecule has 28 heavy (non-hydrogen) atoms. The smallest absolute Gasteiger partial charge is 0.258 e. The van der Waals surface area contributed by atoms with E-state index in [1.807, 2.05) is 24.3 Å². The third-order valence-electron chi connectivity index (χ3n) is 6.17. The number of carbonyl (C=O) groups is 1. The second kappa shape index (κ2) is 7.23. The van der Waals surface area contributed by atoms with E-state index in [0.29, 0.717) is 5.92 Å². The molecule has 2 heterocycles. The third-order valence-corrected chi connectivity index (χ3v) is 6.17. The Morgan fingerprint density at radius 1 is 1.00 bits per heavy atom. The zero-order valence-corrected chi connectivity index (χ0v) is 17.1. The highest BCUT2D eigenvalue weighted by molar-refractivity contribution is 6.09. The SMILES string of the molecule is Cc1ccc2c(c1)[C@@H]1CN(C)CC[C@@H]1N2C(=O)c1ccc2ccccc2c1.Cl. The van der Waals surface area contributed by atoms with Crippen molar-refractivity contribution >= 4 is 34.8 Å². The van der Waals surface area contributed by atoms with Crippen LogP contribution in [0.15, 0.2) is 60.7 Å². The van der Waals surface area contributed by atoms with E-state index in [1.165, 1.54) is 16.5 Å². The molecule has 0 saturated carbocycles. The molecule has 0 bridgehead atoms. The van der Waals surface area contributed by atoms with Crippen LogP contribution in [0.4, 0.5) is 5.69 Å². The molecule has 1 amide bonds. The first-order chi connectivity index (χ1) is 13.1. The number of likely N-dealkylation sites (N-methyl/N-ethyl adjacent to an activating group) is 1. The van der Waals surface area contributed by atoms with E-state index >= 15 is 0 Å². The van der Waals surface area contributed by atoms with E-state index in [2.05, 4.69) is 60.2 Å². The van der Waals surface area contributed by atoms with E-state index in [-0.39, 0.29) is 24.4 Å². The van der Waals surface area contributed by atoms with Crippen molar-refractivity contribution in [1.82, 2.24) is 4.90 Å². The number of piperidine rings is 1. The van der Waals surface area contributed by atoms with Gasteiger partial charge in [0.2, 0.25) is 0 Å². The normalized spacial score (nSPS) is 21.1. The van der Waals surface area contributed by atoms with Gasteiger partial charge in [-0.3, -0.25) is 4.79 Å². The van der Waals surface area contributed by atoms with Crippen LogP contribution in [0.5, 0.6) is 0 Å². The standard InChI is InChI=1S/C24H24N2O.ClH/c1-16-7-10-22-20(13-16)21-15-25(2)12-11-23(21)26(22)24(27)19-9-8-17-5-3-4-6-18(17)14-19;/h3-10,13-14,21,23H,11-12,15H2,1-2H3;1H/t21-,23-;/m0./s1. The Kier molecular flexibility index (Phi) is 4.90. The highest BCUT2D eigenvalue weighted by Gasteiger charge is 2.44. The molecule has 2 atom stereocenters. The zero-order chi connectivity index (χ0) is 18.5. The molecule has 0 spiro atoms. The number of benzene rings is 3. The summed E-state index contributed by atoms with van der Waals surface area (Å²) in [5, 5.41) is 2.29. The van der Waals surface area contributed by atoms with Gasteiger partial charge in [0, 0.05) is 29.8 Å². The van der Waals surface area contributed by atoms with Gasteiger partial charge in [-0.25, -0.2) is 0 Å². The summed E-state index contributed by atoms with van der Waals surface area (Å²) < 4.78 is 0. The number of carbonyl (C=O) groups excluding carboxylic acids is 1. The number of fused-ring (bicyclic) bond motifs is 4. The van der Waals surface area contributed by atoms with E-state index in [1.54, 1.807) is 0 Å². The van der Waals surface area contributed by atoms with Crippen LogP contribution in [0.2, 0.25) is 0 Å². The summed E-state index contributed by atoms with van der Waals surface area (Å²) in [6.45, 7) is 4.19. The number of rotatable bonds is 1. The number of likely N-dealkylation sites (tertiary alicyclic amines) is 1. The van der Waals surface area contributed by atoms with Gasteiger partial charge >= 0.3 is 0 Å². The minimum Gasteiger partial charge on any atom is -0.306 e. The number of hydrogen-bond acceptors (Lipinski definition) is 2. The van der Waals surface area contributed by atoms with Crippen molar-refractivity contribution in [2.24, 2.45) is 0 Å². The molecule has 0 aliphatic carbocycles. The lowest BCUT2D eigenvalue weighted by Crippen LogP contribution is -2.47. The molecule has 3 aromatic rings. The van der Waals surface area contributed by atoms with Crippen LogP contribution in [-0.2, 0) is 0 Å². The molecule has 0 aromatic heterocycles. The summed E-state index contributed by atoms with van der Waals surface area (Å²) in [7, 11) is 2.18. The molecular formula is C24H25ClN2O. The monoisotopic (exact) mass is 392 g/mol. The average molecular weight is 393 g/mol. The summed E-state index contributed by atoms with van der Waals surface area (Å²) in [5.41, 5.74) is 4.48. The largest absolute Gasteiger partial charge is 0.306 e. The van der Waals surface area contributed by atoms with E-state index < -0.39 is 0 Å². The molecule has 2 aliphatic heterocycles. The lowest BCUT2D eigenvalue weighted by Gasteiger charge is -2.36. The van der Waals surface area contributed by atoms with E-state index in [4.69, 9.17) is 0 Å². The van der Waals surface area contributed by atoms with Crippen LogP contribution in [0.1, 0.15) is 33.8 Å². The van der Waals surface area contributed by atoms with Crippen molar-refractivity contribution in [3.8, 4) is 0 Å². The molecule has 0 radical (unpaired) electrons. The van der Waals surface area contributed by atoms with Gasteiger partial charge in [0.15, 0.2) is 0 Å². The maximum absolute atomic E-state index is 13.6. The Morgan fingerprint density at radius 3 is 2.61 bits per heavy atom. The van der Waals surface area contributed by atoms with Gasteiger partial charge in [0.25, 0.3) is 5.91 Å². The highest BCUT2D eigenvalue weighted by atomic mass is 35.5. The second-order valence-corrected chi connectivity index (χ2v) is 8.02. The van der Waals surface area contributed by atoms with Crippen LogP contribution >= 0.6 is 12.4 Å². The summed E-state index contributed by atoms with van der Waals surface area (Å²) in [5.74, 6) is 0.533. The Morgan fingerprint density at radius 2 is 1.79 bits per heavy atom. The van der Waals surface area contributed by atoms with Gasteiger partial charge in [-0.2, -0.15) is 0 Å². The fourth-order valence-corrected chi connectivity index (χ4v) is 4.81. The van der Waals surface area contributed by atoms with Crippen molar-refractivity contribution in [3.05, 3.63) is 77.4 Å². The molecule has 3 aromatic carbocycles. The average Bonchev–Trinajstić information content (AvgIpc) is 3.00. The Balaban J connectivity index is 0.00000192. The Hall–Kier alpha value is -2.36. The molecule has 4 heteroatoms. The first-order valence-corrected chi connectivity index (χ1v) is 9.73. The maximum Gasteiger partial charge on any atom is 0.258 e. The quantitative estimate of drug-likeness (QED) is 0.580. The molecule has 1 saturated heterocycles. The fourth-order valence-electron chi connectivity index (χ4n) is 4.81. The van der Waals surface area contributed by atoms with E-state index in [0.717, 1.165) is 36.1 Å². The number of halogens is 1. The van der Waals surface area contributed by atoms with Crippen LogP contribution < -0.4 is 4.90 Å². The highest BCUT2D eigenvalue weighted by Crippen LogP contribution is 2.45. The zero-order valence-electron chi connectivity index (χ0n) is 16.3. The van der Waals surface area contributed by atoms with Gasteiger partial charge < -0.3 is 9.80 Å². The molecule has 2 aliphatic rings. The van der Waals surface area contributed by atoms with Crippen molar-refractivity contribution in [1.29, 1.82) is 0 Å². The minimum atomic E-state index is 0. The third kappa shape index (κ3) is 2.99. The molecule has 3 nitrogen and oxygen atoms in total. The van der Waals surface area contributed by atoms with Gasteiger partial charge in [0.05, 0.1) is 0 Å². The first-order valence-electron chi connectivity index (χ1n) is 9.73. The van der Waals surface area contributed by atoms with Crippen LogP contribution in [0.25, 0.3) is 10.8 Å². The molecule has 1 fully saturated rings. The minimum absolute atomic E-state index is 0. The molecule has 144 valence electrons. The number of aryl methyl sites for hydroxylation is 1. The first kappa shape index (κ1) is 19.0. The molecule has 0 N–H and O–H groups in total. The van der Waals surface area contributed by atoms with Crippen molar-refractivity contribution < 1.29 is 4.79 Å². The summed E-state index contributed by atoms with van der Waals surface area (Å²) in [4.78, 5) is 18.1. The maximum atomic E-state index is 13.6. The molecule has 0 unspecified atom stereocenters. The lowest BCUT2D eigenvalue weighted by molar-refractivity contribution is 0.0965. The molecule has 5 rings (SSSR count). The summed E-state index contributed by atoms with van der Waals surface area (Å²) >= 11 is 0. The number of anilines is 1. The second-order valence-electron chi connectivity index (χ2n) is 8.02. The van der Waals surface area contributed by atoms with Gasteiger partial charge in [-0.05, 0) is 61.5 Å². The van der Waals surface area contributed by atoms with Gasteiger partial charge in [0.1, 0.15) is 0 Å². The number of hydrogen-bond donors (Lipinski definition) is 0. The predicted octanol–water partition coefficient (Wildman–Crippen LogP) is 5.02. The van der Waals surface area contributed by atoms with Crippen LogP contribution in [-0.4, -0.2) is 37.0 Å². The topological polar surface area (TPSA) is 23.6 Å². The van der Waals surface area contributed by atoms with Crippen LogP contribution in [0, 0.1) is 6.92 Å². The van der Waals surface area contributed by atoms with Gasteiger partial charge in [-0.1, -0.05) is 48.0 Å². The van der Waals surface area contributed by atoms with Crippen LogP contribution in [0.3, 0.4) is 0 Å². The lowest BCUT2D eigenvalue weighted by atomic mass is 9.88. The number of amides is 1. The van der Waals surface area contributed by atoms with Crippen molar-refractivity contribution in [2.45, 2.75) is 25.3 Å². The van der Waals surface area contributed by atoms with Crippen molar-refractivity contribution in [3.63, 3.8) is 0 Å². The predicted molar refractivity (Wildman–Crippen MR) is 118 cm³/mol. The Labute approximate surface area is 172 Å². The Bertz CT molecular complexity index is 1050. The van der Waals surface area contributed by atoms with Gasteiger partial charge in [-0.15, -0.1) is 12.4 Å². The number of nitrogens with zero attached hydrogens (tertiary/aromatic N) is 2. The summed E-state index contributed by atoms with van der Waals surface area (Å²) in [6.07, 6.45) is 1.02.